The zero-order valence-electron chi connectivity index (χ0n) is 5.11. The molecule has 0 unspecified atom stereocenters. The van der Waals surface area contributed by atoms with Crippen molar-refractivity contribution in [1.29, 1.82) is 0 Å². The number of benzene rings is 1. The normalized spacial score (nSPS) is 8.80. The second-order valence-electron chi connectivity index (χ2n) is 1.61. The quantitative estimate of drug-likeness (QED) is 0.545. The van der Waals surface area contributed by atoms with Crippen LogP contribution in [0.2, 0.25) is 0 Å². The first-order valence-electron chi connectivity index (χ1n) is 2.68. The van der Waals surface area contributed by atoms with Crippen molar-refractivity contribution in [3.05, 3.63) is 30.3 Å². The third-order valence-corrected chi connectivity index (χ3v) is 1.12. The van der Waals surface area contributed by atoms with Gasteiger partial charge in [0, 0.05) is 0 Å². The molecule has 0 aromatic heterocycles. The Kier molecular flexibility index (Phi) is 3.06. The predicted molar refractivity (Wildman–Crippen MR) is 39.9 cm³/mol. The Morgan fingerprint density at radius 1 is 1.60 bits per heavy atom. The molecule has 0 fully saturated rings. The van der Waals surface area contributed by atoms with Crippen molar-refractivity contribution in [2.24, 2.45) is 0 Å². The zero-order valence-corrected chi connectivity index (χ0v) is 7.40. The Labute approximate surface area is 74.3 Å². The number of ether oxygens (including phenoxy) is 1. The van der Waals surface area contributed by atoms with E-state index in [1.165, 1.54) is 0 Å². The summed E-state index contributed by atoms with van der Waals surface area (Å²) in [5.74, 6) is 0.688. The van der Waals surface area contributed by atoms with Crippen molar-refractivity contribution in [2.75, 3.05) is 0 Å². The minimum atomic E-state index is 0.565. The fraction of sp³-hybridized carbons (Fsp3) is 0. The van der Waals surface area contributed by atoms with Crippen molar-refractivity contribution in [3.63, 3.8) is 0 Å². The number of hydrogen-bond acceptors (Lipinski definition) is 2. The van der Waals surface area contributed by atoms with Crippen molar-refractivity contribution in [3.8, 4) is 5.75 Å². The van der Waals surface area contributed by atoms with Crippen LogP contribution in [0.15, 0.2) is 24.3 Å². The number of hydrogen-bond donors (Lipinski definition) is 1. The van der Waals surface area contributed by atoms with Gasteiger partial charge in [0.25, 0.3) is 0 Å². The monoisotopic (exact) mass is 188 g/mol. The molecule has 3 heteroatoms. The Balaban J connectivity index is 2.67. The molecule has 1 rings (SSSR count). The summed E-state index contributed by atoms with van der Waals surface area (Å²) in [7, 11) is 0. The van der Waals surface area contributed by atoms with Crippen LogP contribution in [0.5, 0.6) is 5.75 Å². The minimum absolute atomic E-state index is 0.565. The SMILES string of the molecule is S[C](=[V])Oc1[c-]cccc1. The van der Waals surface area contributed by atoms with Gasteiger partial charge in [-0.2, -0.15) is 0 Å². The standard InChI is InChI=1S/C7H5OS.V/c9-6-8-7-4-2-1-3-5-7;/h1-4,9H;/q-1;. The van der Waals surface area contributed by atoms with Crippen LogP contribution >= 0.6 is 12.6 Å². The summed E-state index contributed by atoms with van der Waals surface area (Å²) in [6.07, 6.45) is 0. The molecule has 0 atom stereocenters. The van der Waals surface area contributed by atoms with Gasteiger partial charge in [0.1, 0.15) is 0 Å². The molecule has 0 spiro atoms. The predicted octanol–water partition coefficient (Wildman–Crippen LogP) is 1.43. The summed E-state index contributed by atoms with van der Waals surface area (Å²) in [5, 5.41) is 0. The Morgan fingerprint density at radius 3 is 2.90 bits per heavy atom. The first-order chi connectivity index (χ1) is 4.79. The van der Waals surface area contributed by atoms with E-state index in [2.05, 4.69) is 35.7 Å². The molecule has 10 heavy (non-hydrogen) atoms. The summed E-state index contributed by atoms with van der Waals surface area (Å²) in [6.45, 7) is 0. The van der Waals surface area contributed by atoms with E-state index in [1.54, 1.807) is 6.07 Å². The van der Waals surface area contributed by atoms with E-state index in [0.717, 1.165) is 0 Å². The van der Waals surface area contributed by atoms with Gasteiger partial charge in [0.15, 0.2) is 0 Å². The van der Waals surface area contributed by atoms with Crippen molar-refractivity contribution < 1.29 is 21.7 Å². The average Bonchev–Trinajstić information content (AvgIpc) is 1.88. The van der Waals surface area contributed by atoms with Gasteiger partial charge in [-0.25, -0.2) is 0 Å². The third-order valence-electron chi connectivity index (χ3n) is 0.882. The van der Waals surface area contributed by atoms with E-state index in [4.69, 9.17) is 4.74 Å². The maximum atomic E-state index is 5.11. The molecule has 0 aliphatic carbocycles. The van der Waals surface area contributed by atoms with Crippen molar-refractivity contribution in [2.45, 2.75) is 0 Å². The summed E-state index contributed by atoms with van der Waals surface area (Å²) in [4.78, 5) is 0. The van der Waals surface area contributed by atoms with Crippen LogP contribution in [-0.4, -0.2) is 3.74 Å². The van der Waals surface area contributed by atoms with E-state index < -0.39 is 0 Å². The molecule has 51 valence electrons. The summed E-state index contributed by atoms with van der Waals surface area (Å²) in [5.41, 5.74) is 0. The average molecular weight is 188 g/mol. The molecule has 0 aliphatic heterocycles. The molecule has 0 heterocycles. The summed E-state index contributed by atoms with van der Waals surface area (Å²) >= 11 is 6.16. The Hall–Kier alpha value is -0.176. The summed E-state index contributed by atoms with van der Waals surface area (Å²) in [6, 6.07) is 10.3. The van der Waals surface area contributed by atoms with Crippen molar-refractivity contribution in [1.82, 2.24) is 0 Å². The van der Waals surface area contributed by atoms with Crippen LogP contribution in [0.1, 0.15) is 0 Å². The molecule has 0 radical (unpaired) electrons. The molecule has 1 nitrogen and oxygen atoms in total. The fourth-order valence-corrected chi connectivity index (χ4v) is 0.791. The molecule has 1 aromatic rings. The van der Waals surface area contributed by atoms with Crippen LogP contribution in [0.3, 0.4) is 0 Å². The molecular weight excluding hydrogens is 183 g/mol. The van der Waals surface area contributed by atoms with E-state index in [-0.39, 0.29) is 0 Å². The van der Waals surface area contributed by atoms with Crippen LogP contribution in [0.4, 0.5) is 0 Å². The fourth-order valence-electron chi connectivity index (χ4n) is 0.539. The topological polar surface area (TPSA) is 9.23 Å². The van der Waals surface area contributed by atoms with Crippen LogP contribution in [-0.2, 0) is 17.0 Å². The van der Waals surface area contributed by atoms with Crippen LogP contribution in [0.25, 0.3) is 0 Å². The van der Waals surface area contributed by atoms with Gasteiger partial charge in [0.2, 0.25) is 0 Å². The van der Waals surface area contributed by atoms with Crippen LogP contribution in [0, 0.1) is 6.07 Å². The summed E-state index contributed by atoms with van der Waals surface area (Å²) < 4.78 is 5.68. The second-order valence-corrected chi connectivity index (χ2v) is 3.22. The van der Waals surface area contributed by atoms with Gasteiger partial charge in [-0.1, -0.05) is 0 Å². The first kappa shape index (κ1) is 7.93. The van der Waals surface area contributed by atoms with Gasteiger partial charge in [-0.3, -0.25) is 0 Å². The van der Waals surface area contributed by atoms with Gasteiger partial charge in [0.05, 0.1) is 0 Å². The number of para-hydroxylation sites is 1. The Morgan fingerprint density at radius 2 is 2.40 bits per heavy atom. The first-order valence-corrected chi connectivity index (χ1v) is 3.83. The molecule has 0 bridgehead atoms. The van der Waals surface area contributed by atoms with Crippen molar-refractivity contribution >= 4 is 16.4 Å². The molecule has 0 saturated carbocycles. The van der Waals surface area contributed by atoms with E-state index in [0.29, 0.717) is 9.49 Å². The molecular formula is C7H5OSV-. The third kappa shape index (κ3) is 2.61. The number of thiol groups is 1. The number of rotatable bonds is 2. The zero-order chi connectivity index (χ0) is 7.40. The van der Waals surface area contributed by atoms with Gasteiger partial charge < -0.3 is 0 Å². The molecule has 0 saturated heterocycles. The maximum absolute atomic E-state index is 5.11. The van der Waals surface area contributed by atoms with Crippen LogP contribution < -0.4 is 4.74 Å². The molecule has 0 N–H and O–H groups in total. The molecule has 0 aliphatic rings. The van der Waals surface area contributed by atoms with E-state index >= 15 is 0 Å². The van der Waals surface area contributed by atoms with Gasteiger partial charge >= 0.3 is 74.2 Å². The molecule has 0 amide bonds. The molecule has 1 aromatic carbocycles. The van der Waals surface area contributed by atoms with E-state index in [1.807, 2.05) is 18.2 Å². The van der Waals surface area contributed by atoms with Gasteiger partial charge in [-0.05, 0) is 0 Å². The van der Waals surface area contributed by atoms with E-state index in [9.17, 15) is 0 Å². The second kappa shape index (κ2) is 3.86. The Bertz CT molecular complexity index is 222. The van der Waals surface area contributed by atoms with Gasteiger partial charge in [-0.15, -0.1) is 0 Å².